The molecular weight excluding hydrogens is 510 g/mol. The predicted molar refractivity (Wildman–Crippen MR) is 156 cm³/mol. The third kappa shape index (κ3) is 4.96. The van der Waals surface area contributed by atoms with E-state index in [9.17, 15) is 4.79 Å². The molecule has 4 aromatic rings. The van der Waals surface area contributed by atoms with Gasteiger partial charge in [0.15, 0.2) is 17.3 Å². The summed E-state index contributed by atoms with van der Waals surface area (Å²) in [7, 11) is 1.62. The number of ether oxygens (including phenoxy) is 2. The normalized spacial score (nSPS) is 15.9. The van der Waals surface area contributed by atoms with Crippen LogP contribution in [0, 0.1) is 5.41 Å². The Morgan fingerprint density at radius 2 is 1.72 bits per heavy atom. The molecule has 0 saturated carbocycles. The van der Waals surface area contributed by atoms with E-state index in [1.807, 2.05) is 85.1 Å². The first kappa shape index (κ1) is 24.7. The van der Waals surface area contributed by atoms with E-state index in [2.05, 4.69) is 14.7 Å². The Morgan fingerprint density at radius 3 is 2.54 bits per heavy atom. The number of benzene rings is 3. The molecule has 0 atom stereocenters. The molecule has 1 amide bonds. The number of carbonyl (C=O) groups is 1. The van der Waals surface area contributed by atoms with Crippen LogP contribution in [0.25, 0.3) is 17.0 Å². The van der Waals surface area contributed by atoms with Crippen molar-refractivity contribution < 1.29 is 14.3 Å². The highest BCUT2D eigenvalue weighted by Gasteiger charge is 2.35. The largest absolute Gasteiger partial charge is 0.493 e. The van der Waals surface area contributed by atoms with Crippen molar-refractivity contribution in [1.82, 2.24) is 9.58 Å². The molecule has 0 fully saturated rings. The van der Waals surface area contributed by atoms with Crippen molar-refractivity contribution in [2.75, 3.05) is 13.7 Å². The summed E-state index contributed by atoms with van der Waals surface area (Å²) in [6.07, 6.45) is 4.33. The average molecular weight is 536 g/mol. The van der Waals surface area contributed by atoms with E-state index < -0.39 is 5.91 Å². The third-order valence-electron chi connectivity index (χ3n) is 6.47. The van der Waals surface area contributed by atoms with Crippen LogP contribution in [0.3, 0.4) is 0 Å². The zero-order valence-electron chi connectivity index (χ0n) is 21.2. The Labute approximate surface area is 229 Å². The van der Waals surface area contributed by atoms with Crippen molar-refractivity contribution in [1.29, 1.82) is 5.41 Å². The van der Waals surface area contributed by atoms with Crippen LogP contribution >= 0.6 is 11.8 Å². The zero-order valence-corrected chi connectivity index (χ0v) is 22.0. The lowest BCUT2D eigenvalue weighted by molar-refractivity contribution is -0.114. The number of methoxy groups -OCH3 is 1. The van der Waals surface area contributed by atoms with E-state index in [1.165, 1.54) is 16.8 Å². The summed E-state index contributed by atoms with van der Waals surface area (Å²) in [6, 6.07) is 25.5. The van der Waals surface area contributed by atoms with Gasteiger partial charge in [0.05, 0.1) is 19.2 Å². The lowest BCUT2D eigenvalue weighted by Crippen LogP contribution is -2.35. The number of hydrogen-bond donors (Lipinski definition) is 1. The van der Waals surface area contributed by atoms with E-state index in [0.717, 1.165) is 27.1 Å². The minimum Gasteiger partial charge on any atom is -0.493 e. The summed E-state index contributed by atoms with van der Waals surface area (Å²) < 4.78 is 13.4. The van der Waals surface area contributed by atoms with E-state index >= 15 is 0 Å². The van der Waals surface area contributed by atoms with E-state index in [1.54, 1.807) is 13.2 Å². The molecule has 0 aliphatic carbocycles. The number of amides is 1. The number of aromatic nitrogens is 1. The molecule has 0 spiro atoms. The highest BCUT2D eigenvalue weighted by atomic mass is 32.2. The molecule has 0 saturated heterocycles. The lowest BCUT2D eigenvalue weighted by Gasteiger charge is -2.20. The summed E-state index contributed by atoms with van der Waals surface area (Å²) in [5, 5.41) is 17.0. The molecule has 0 radical (unpaired) electrons. The fourth-order valence-corrected chi connectivity index (χ4v) is 5.52. The minimum absolute atomic E-state index is 0.0249. The number of hydrazone groups is 1. The Morgan fingerprint density at radius 1 is 0.974 bits per heavy atom. The molecule has 1 N–H and O–H groups in total. The van der Waals surface area contributed by atoms with Crippen LogP contribution in [-0.4, -0.2) is 45.2 Å². The first-order valence-corrected chi connectivity index (χ1v) is 13.3. The number of thioether (sulfide) groups is 1. The number of nitrogens with zero attached hydrogens (tertiary/aromatic N) is 4. The SMILES string of the molecule is COc1ccccc1OCCn1cc(/C=C2/C(=N)N3N=C(Cc4ccccc4)SC3=NC2=O)c2ccccc21. The maximum Gasteiger partial charge on any atom is 0.283 e. The predicted octanol–water partition coefficient (Wildman–Crippen LogP) is 5.59. The number of amidine groups is 2. The van der Waals surface area contributed by atoms with Crippen molar-refractivity contribution >= 4 is 50.7 Å². The maximum atomic E-state index is 13.0. The Balaban J connectivity index is 1.25. The quantitative estimate of drug-likeness (QED) is 0.297. The van der Waals surface area contributed by atoms with Gasteiger partial charge >= 0.3 is 0 Å². The number of rotatable bonds is 8. The number of hydrogen-bond acceptors (Lipinski definition) is 6. The molecule has 9 heteroatoms. The van der Waals surface area contributed by atoms with E-state index in [0.29, 0.717) is 36.2 Å². The monoisotopic (exact) mass is 535 g/mol. The molecule has 2 aliphatic rings. The van der Waals surface area contributed by atoms with Gasteiger partial charge in [-0.05, 0) is 41.6 Å². The van der Waals surface area contributed by atoms with Crippen molar-refractivity contribution in [2.45, 2.75) is 13.0 Å². The summed E-state index contributed by atoms with van der Waals surface area (Å²) in [4.78, 5) is 17.3. The molecule has 3 heterocycles. The zero-order chi connectivity index (χ0) is 26.8. The van der Waals surface area contributed by atoms with Crippen LogP contribution in [0.5, 0.6) is 11.5 Å². The molecule has 0 unspecified atom stereocenters. The standard InChI is InChI=1S/C30H25N5O3S/c1-37-25-13-7-8-14-26(25)38-16-15-34-19-21(22-11-5-6-12-24(22)34)18-23-28(31)35-30(32-29(23)36)39-27(33-35)17-20-9-3-2-4-10-20/h2-14,18-19,31H,15-17H2,1H3/b23-18-,31-28?. The number of para-hydroxylation sites is 3. The second kappa shape index (κ2) is 10.6. The van der Waals surface area contributed by atoms with Gasteiger partial charge in [-0.2, -0.15) is 15.1 Å². The smallest absolute Gasteiger partial charge is 0.283 e. The summed E-state index contributed by atoms with van der Waals surface area (Å²) in [6.45, 7) is 1.02. The summed E-state index contributed by atoms with van der Waals surface area (Å²) in [5.41, 5.74) is 3.15. The first-order chi connectivity index (χ1) is 19.1. The van der Waals surface area contributed by atoms with Gasteiger partial charge in [0.25, 0.3) is 5.91 Å². The molecule has 39 heavy (non-hydrogen) atoms. The fraction of sp³-hybridized carbons (Fsp3) is 0.133. The van der Waals surface area contributed by atoms with Crippen molar-refractivity contribution in [3.8, 4) is 11.5 Å². The fourth-order valence-electron chi connectivity index (χ4n) is 4.60. The molecule has 1 aromatic heterocycles. The Hall–Kier alpha value is -4.63. The molecule has 6 rings (SSSR count). The number of nitrogens with one attached hydrogen (secondary N) is 1. The summed E-state index contributed by atoms with van der Waals surface area (Å²) >= 11 is 1.33. The van der Waals surface area contributed by atoms with Gasteiger partial charge in [0.1, 0.15) is 11.7 Å². The molecular formula is C30H25N5O3S. The minimum atomic E-state index is -0.439. The van der Waals surface area contributed by atoms with E-state index in [-0.39, 0.29) is 11.4 Å². The van der Waals surface area contributed by atoms with Crippen molar-refractivity contribution in [2.24, 2.45) is 10.1 Å². The van der Waals surface area contributed by atoms with Crippen molar-refractivity contribution in [3.63, 3.8) is 0 Å². The molecule has 2 aliphatic heterocycles. The van der Waals surface area contributed by atoms with Crippen molar-refractivity contribution in [3.05, 3.63) is 102 Å². The number of carbonyl (C=O) groups excluding carboxylic acids is 1. The van der Waals surface area contributed by atoms with Gasteiger partial charge in [-0.25, -0.2) is 0 Å². The van der Waals surface area contributed by atoms with Gasteiger partial charge in [0.2, 0.25) is 5.17 Å². The second-order valence-electron chi connectivity index (χ2n) is 8.97. The topological polar surface area (TPSA) is 92.3 Å². The van der Waals surface area contributed by atoms with Crippen LogP contribution in [0.4, 0.5) is 0 Å². The second-order valence-corrected chi connectivity index (χ2v) is 10.0. The van der Waals surface area contributed by atoms with Crippen LogP contribution in [-0.2, 0) is 17.8 Å². The molecule has 194 valence electrons. The van der Waals surface area contributed by atoms with Crippen LogP contribution in [0.15, 0.2) is 101 Å². The number of fused-ring (bicyclic) bond motifs is 2. The molecule has 3 aromatic carbocycles. The Bertz CT molecular complexity index is 1670. The van der Waals surface area contributed by atoms with Gasteiger partial charge in [-0.1, -0.05) is 60.7 Å². The van der Waals surface area contributed by atoms with E-state index in [4.69, 9.17) is 14.9 Å². The van der Waals surface area contributed by atoms with Gasteiger partial charge in [-0.3, -0.25) is 10.2 Å². The van der Waals surface area contributed by atoms with Crippen LogP contribution in [0.1, 0.15) is 11.1 Å². The highest BCUT2D eigenvalue weighted by molar-refractivity contribution is 8.26. The lowest BCUT2D eigenvalue weighted by atomic mass is 10.1. The van der Waals surface area contributed by atoms with Gasteiger partial charge in [-0.15, -0.1) is 0 Å². The Kier molecular flexibility index (Phi) is 6.73. The summed E-state index contributed by atoms with van der Waals surface area (Å²) in [5.74, 6) is 0.955. The molecule has 0 bridgehead atoms. The first-order valence-electron chi connectivity index (χ1n) is 12.5. The van der Waals surface area contributed by atoms with Gasteiger partial charge < -0.3 is 14.0 Å². The molecule has 8 nitrogen and oxygen atoms in total. The average Bonchev–Trinajstić information content (AvgIpc) is 3.52. The number of aliphatic imine (C=N–C) groups is 1. The maximum absolute atomic E-state index is 13.0. The van der Waals surface area contributed by atoms with Crippen LogP contribution < -0.4 is 9.47 Å². The van der Waals surface area contributed by atoms with Crippen LogP contribution in [0.2, 0.25) is 0 Å². The third-order valence-corrected chi connectivity index (χ3v) is 7.38. The van der Waals surface area contributed by atoms with Gasteiger partial charge in [0, 0.05) is 29.1 Å². The highest BCUT2D eigenvalue weighted by Crippen LogP contribution is 2.31.